The van der Waals surface area contributed by atoms with Crippen LogP contribution in [0.15, 0.2) is 42.5 Å². The molecule has 0 aromatic heterocycles. The van der Waals surface area contributed by atoms with Gasteiger partial charge in [0.05, 0.1) is 11.1 Å². The van der Waals surface area contributed by atoms with E-state index >= 15 is 0 Å². The van der Waals surface area contributed by atoms with Gasteiger partial charge in [-0.3, -0.25) is 0 Å². The van der Waals surface area contributed by atoms with Crippen LogP contribution in [0, 0.1) is 11.3 Å². The van der Waals surface area contributed by atoms with Crippen molar-refractivity contribution in [1.82, 2.24) is 0 Å². The SMILES string of the molecule is CC(C)(C)c1ccc(Oc2ccc(C(F)(F)F)cc2)c(C#N)c1. The molecule has 0 spiro atoms. The second-order valence-corrected chi connectivity index (χ2v) is 6.20. The molecule has 0 heterocycles. The van der Waals surface area contributed by atoms with Crippen molar-refractivity contribution in [3.63, 3.8) is 0 Å². The van der Waals surface area contributed by atoms with E-state index in [0.717, 1.165) is 17.7 Å². The molecule has 0 aliphatic rings. The van der Waals surface area contributed by atoms with Crippen LogP contribution in [0.3, 0.4) is 0 Å². The lowest BCUT2D eigenvalue weighted by atomic mass is 9.86. The van der Waals surface area contributed by atoms with Gasteiger partial charge in [-0.1, -0.05) is 26.8 Å². The zero-order chi connectivity index (χ0) is 17.3. The maximum Gasteiger partial charge on any atom is 0.416 e. The average Bonchev–Trinajstić information content (AvgIpc) is 2.46. The quantitative estimate of drug-likeness (QED) is 0.715. The summed E-state index contributed by atoms with van der Waals surface area (Å²) in [6.45, 7) is 6.08. The minimum absolute atomic E-state index is 0.113. The summed E-state index contributed by atoms with van der Waals surface area (Å²) < 4.78 is 43.2. The number of benzene rings is 2. The van der Waals surface area contributed by atoms with Crippen LogP contribution in [0.2, 0.25) is 0 Å². The Bertz CT molecular complexity index is 735. The Balaban J connectivity index is 2.29. The van der Waals surface area contributed by atoms with Gasteiger partial charge in [0, 0.05) is 0 Å². The van der Waals surface area contributed by atoms with E-state index in [1.54, 1.807) is 12.1 Å². The first-order valence-corrected chi connectivity index (χ1v) is 7.01. The number of alkyl halides is 3. The number of nitrogens with zero attached hydrogens (tertiary/aromatic N) is 1. The number of nitriles is 1. The summed E-state index contributed by atoms with van der Waals surface area (Å²) in [4.78, 5) is 0. The fourth-order valence-corrected chi connectivity index (χ4v) is 2.01. The molecule has 0 radical (unpaired) electrons. The van der Waals surface area contributed by atoms with Crippen molar-refractivity contribution in [2.45, 2.75) is 32.4 Å². The van der Waals surface area contributed by atoms with Gasteiger partial charge >= 0.3 is 6.18 Å². The molecule has 2 aromatic carbocycles. The highest BCUT2D eigenvalue weighted by molar-refractivity contribution is 5.48. The zero-order valence-electron chi connectivity index (χ0n) is 13.0. The largest absolute Gasteiger partial charge is 0.456 e. The highest BCUT2D eigenvalue weighted by Gasteiger charge is 2.30. The van der Waals surface area contributed by atoms with Gasteiger partial charge in [-0.15, -0.1) is 0 Å². The third-order valence-corrected chi connectivity index (χ3v) is 3.38. The molecule has 0 amide bonds. The molecular formula is C18H16F3NO. The van der Waals surface area contributed by atoms with E-state index in [0.29, 0.717) is 11.3 Å². The first kappa shape index (κ1) is 16.9. The fourth-order valence-electron chi connectivity index (χ4n) is 2.01. The van der Waals surface area contributed by atoms with Crippen molar-refractivity contribution in [1.29, 1.82) is 5.26 Å². The molecule has 0 atom stereocenters. The summed E-state index contributed by atoms with van der Waals surface area (Å²) >= 11 is 0. The number of halogens is 3. The molecule has 0 saturated heterocycles. The summed E-state index contributed by atoms with van der Waals surface area (Å²) in [5.41, 5.74) is 0.470. The first-order valence-electron chi connectivity index (χ1n) is 7.01. The van der Waals surface area contributed by atoms with Crippen LogP contribution in [-0.4, -0.2) is 0 Å². The second-order valence-electron chi connectivity index (χ2n) is 6.20. The van der Waals surface area contributed by atoms with E-state index in [1.165, 1.54) is 12.1 Å². The number of hydrogen-bond acceptors (Lipinski definition) is 2. The predicted octanol–water partition coefficient (Wildman–Crippen LogP) is 5.67. The lowest BCUT2D eigenvalue weighted by Gasteiger charge is -2.20. The van der Waals surface area contributed by atoms with E-state index in [9.17, 15) is 18.4 Å². The van der Waals surface area contributed by atoms with Crippen LogP contribution in [-0.2, 0) is 11.6 Å². The van der Waals surface area contributed by atoms with Gasteiger partial charge in [0.2, 0.25) is 0 Å². The molecule has 0 aliphatic carbocycles. The molecule has 0 saturated carbocycles. The number of ether oxygens (including phenoxy) is 1. The highest BCUT2D eigenvalue weighted by Crippen LogP contribution is 2.33. The minimum Gasteiger partial charge on any atom is -0.456 e. The molecule has 23 heavy (non-hydrogen) atoms. The van der Waals surface area contributed by atoms with E-state index in [-0.39, 0.29) is 11.2 Å². The maximum absolute atomic E-state index is 12.5. The maximum atomic E-state index is 12.5. The molecule has 2 aromatic rings. The van der Waals surface area contributed by atoms with Crippen LogP contribution in [0.5, 0.6) is 11.5 Å². The van der Waals surface area contributed by atoms with Crippen LogP contribution in [0.1, 0.15) is 37.5 Å². The highest BCUT2D eigenvalue weighted by atomic mass is 19.4. The Morgan fingerprint density at radius 1 is 0.913 bits per heavy atom. The Hall–Kier alpha value is -2.48. The van der Waals surface area contributed by atoms with E-state index in [4.69, 9.17) is 4.74 Å². The summed E-state index contributed by atoms with van der Waals surface area (Å²) in [5, 5.41) is 9.26. The Morgan fingerprint density at radius 3 is 1.96 bits per heavy atom. The molecule has 2 nitrogen and oxygen atoms in total. The van der Waals surface area contributed by atoms with Gasteiger partial charge in [0.15, 0.2) is 0 Å². The van der Waals surface area contributed by atoms with E-state index < -0.39 is 11.7 Å². The minimum atomic E-state index is -4.38. The number of hydrogen-bond donors (Lipinski definition) is 0. The average molecular weight is 319 g/mol. The molecule has 5 heteroatoms. The van der Waals surface area contributed by atoms with Crippen molar-refractivity contribution in [3.8, 4) is 17.6 Å². The number of rotatable bonds is 2. The lowest BCUT2D eigenvalue weighted by molar-refractivity contribution is -0.137. The van der Waals surface area contributed by atoms with Gasteiger partial charge in [0.1, 0.15) is 17.6 Å². The Morgan fingerprint density at radius 2 is 1.48 bits per heavy atom. The fraction of sp³-hybridized carbons (Fsp3) is 0.278. The van der Waals surface area contributed by atoms with Crippen LogP contribution in [0.4, 0.5) is 13.2 Å². The van der Waals surface area contributed by atoms with Crippen LogP contribution in [0.25, 0.3) is 0 Å². The Kier molecular flexibility index (Phi) is 4.37. The third-order valence-electron chi connectivity index (χ3n) is 3.38. The van der Waals surface area contributed by atoms with Crippen molar-refractivity contribution in [2.75, 3.05) is 0 Å². The van der Waals surface area contributed by atoms with E-state index in [2.05, 4.69) is 6.07 Å². The summed E-state index contributed by atoms with van der Waals surface area (Å²) in [6, 6.07) is 11.7. The summed E-state index contributed by atoms with van der Waals surface area (Å²) in [6.07, 6.45) is -4.38. The summed E-state index contributed by atoms with van der Waals surface area (Å²) in [7, 11) is 0. The molecule has 0 N–H and O–H groups in total. The first-order chi connectivity index (χ1) is 10.6. The zero-order valence-corrected chi connectivity index (χ0v) is 13.0. The van der Waals surface area contributed by atoms with Crippen LogP contribution < -0.4 is 4.74 Å². The van der Waals surface area contributed by atoms with Crippen molar-refractivity contribution >= 4 is 0 Å². The molecule has 0 unspecified atom stereocenters. The molecule has 120 valence electrons. The topological polar surface area (TPSA) is 33.0 Å². The second kappa shape index (κ2) is 5.96. The van der Waals surface area contributed by atoms with Gasteiger partial charge in [-0.05, 0) is 47.4 Å². The molecule has 2 rings (SSSR count). The third kappa shape index (κ3) is 4.04. The molecule has 0 bridgehead atoms. The van der Waals surface area contributed by atoms with Gasteiger partial charge in [-0.2, -0.15) is 18.4 Å². The van der Waals surface area contributed by atoms with Gasteiger partial charge in [0.25, 0.3) is 0 Å². The molecule has 0 aliphatic heterocycles. The monoisotopic (exact) mass is 319 g/mol. The van der Waals surface area contributed by atoms with Crippen molar-refractivity contribution < 1.29 is 17.9 Å². The van der Waals surface area contributed by atoms with Gasteiger partial charge in [-0.25, -0.2) is 0 Å². The van der Waals surface area contributed by atoms with E-state index in [1.807, 2.05) is 26.8 Å². The summed E-state index contributed by atoms with van der Waals surface area (Å²) in [5.74, 6) is 0.568. The predicted molar refractivity (Wildman–Crippen MR) is 81.4 cm³/mol. The van der Waals surface area contributed by atoms with Gasteiger partial charge < -0.3 is 4.74 Å². The van der Waals surface area contributed by atoms with Crippen molar-refractivity contribution in [2.24, 2.45) is 0 Å². The van der Waals surface area contributed by atoms with Crippen molar-refractivity contribution in [3.05, 3.63) is 59.2 Å². The van der Waals surface area contributed by atoms with Crippen LogP contribution >= 0.6 is 0 Å². The normalized spacial score (nSPS) is 11.9. The standard InChI is InChI=1S/C18H16F3NO/c1-17(2,3)14-6-9-16(12(10-14)11-22)23-15-7-4-13(5-8-15)18(19,20)21/h4-10H,1-3H3. The Labute approximate surface area is 133 Å². The lowest BCUT2D eigenvalue weighted by Crippen LogP contribution is -2.11. The smallest absolute Gasteiger partial charge is 0.416 e. The molecule has 0 fully saturated rings. The molecular weight excluding hydrogens is 303 g/mol.